The minimum absolute atomic E-state index is 0.582. The van der Waals surface area contributed by atoms with Crippen LogP contribution >= 0.6 is 11.8 Å². The molecule has 7 nitrogen and oxygen atoms in total. The van der Waals surface area contributed by atoms with Gasteiger partial charge in [-0.15, -0.1) is 0 Å². The fourth-order valence-corrected chi connectivity index (χ4v) is 4.22. The van der Waals surface area contributed by atoms with Gasteiger partial charge in [-0.25, -0.2) is 19.9 Å². The van der Waals surface area contributed by atoms with Gasteiger partial charge in [-0.2, -0.15) is 0 Å². The number of hydrogen-bond donors (Lipinski definition) is 1. The summed E-state index contributed by atoms with van der Waals surface area (Å²) in [5, 5.41) is 4.79. The Bertz CT molecular complexity index is 1450. The van der Waals surface area contributed by atoms with Crippen LogP contribution in [-0.2, 0) is 5.75 Å². The Morgan fingerprint density at radius 1 is 0.886 bits per heavy atom. The molecule has 5 rings (SSSR count). The van der Waals surface area contributed by atoms with Gasteiger partial charge < -0.3 is 14.8 Å². The molecule has 0 spiro atoms. The van der Waals surface area contributed by atoms with Gasteiger partial charge in [-0.1, -0.05) is 48.2 Å². The molecule has 0 aliphatic carbocycles. The highest BCUT2D eigenvalue weighted by Crippen LogP contribution is 2.34. The van der Waals surface area contributed by atoms with Crippen molar-refractivity contribution in [1.29, 1.82) is 0 Å². The smallest absolute Gasteiger partial charge is 0.189 e. The van der Waals surface area contributed by atoms with Crippen LogP contribution in [0.5, 0.6) is 17.2 Å². The summed E-state index contributed by atoms with van der Waals surface area (Å²) in [6.45, 7) is 2.03. The molecule has 0 aliphatic rings. The van der Waals surface area contributed by atoms with Crippen LogP contribution in [0.4, 0.5) is 11.5 Å². The number of hydrogen-bond acceptors (Lipinski definition) is 8. The number of methoxy groups -OCH3 is 1. The topological polar surface area (TPSA) is 82.0 Å². The van der Waals surface area contributed by atoms with Crippen molar-refractivity contribution in [3.8, 4) is 17.2 Å². The van der Waals surface area contributed by atoms with Gasteiger partial charge in [0.05, 0.1) is 18.2 Å². The molecule has 0 atom stereocenters. The number of aryl methyl sites for hydroxylation is 1. The molecule has 35 heavy (non-hydrogen) atoms. The van der Waals surface area contributed by atoms with Gasteiger partial charge >= 0.3 is 0 Å². The maximum absolute atomic E-state index is 6.15. The normalized spacial score (nSPS) is 10.8. The number of fused-ring (bicyclic) bond motifs is 1. The van der Waals surface area contributed by atoms with Crippen molar-refractivity contribution >= 4 is 34.3 Å². The summed E-state index contributed by atoms with van der Waals surface area (Å²) < 4.78 is 11.4. The maximum Gasteiger partial charge on any atom is 0.189 e. The molecule has 0 saturated heterocycles. The first kappa shape index (κ1) is 22.6. The standard InChI is InChI=1S/C27H23N5O2S/c1-18-8-13-24(34-21-11-9-20(33-2)10-12-21)23(14-18)31-25-22-15-28-27(32-26(22)30-17-29-25)35-16-19-6-4-3-5-7-19/h3-15,17H,16H2,1-2H3,(H,28,29,30,31,32). The van der Waals surface area contributed by atoms with Gasteiger partial charge in [0.1, 0.15) is 23.6 Å². The van der Waals surface area contributed by atoms with E-state index in [9.17, 15) is 0 Å². The zero-order valence-corrected chi connectivity index (χ0v) is 20.1. The molecule has 0 fully saturated rings. The van der Waals surface area contributed by atoms with Crippen LogP contribution < -0.4 is 14.8 Å². The second-order valence-corrected chi connectivity index (χ2v) is 8.73. The van der Waals surface area contributed by atoms with E-state index >= 15 is 0 Å². The van der Waals surface area contributed by atoms with Gasteiger partial charge in [0, 0.05) is 11.9 Å². The van der Waals surface area contributed by atoms with Crippen LogP contribution in [0.1, 0.15) is 11.1 Å². The van der Waals surface area contributed by atoms with Gasteiger partial charge in [0.2, 0.25) is 0 Å². The third kappa shape index (κ3) is 5.50. The third-order valence-corrected chi connectivity index (χ3v) is 6.19. The SMILES string of the molecule is COc1ccc(Oc2ccc(C)cc2Nc2ncnc3nc(SCc4ccccc4)ncc23)cc1. The fraction of sp³-hybridized carbons (Fsp3) is 0.111. The van der Waals surface area contributed by atoms with Crippen molar-refractivity contribution in [2.45, 2.75) is 17.8 Å². The summed E-state index contributed by atoms with van der Waals surface area (Å²) in [5.41, 5.74) is 3.67. The summed E-state index contributed by atoms with van der Waals surface area (Å²) in [7, 11) is 1.64. The molecule has 174 valence electrons. The zero-order valence-electron chi connectivity index (χ0n) is 19.3. The summed E-state index contributed by atoms with van der Waals surface area (Å²) in [6, 6.07) is 23.6. The Hall–Kier alpha value is -4.17. The molecule has 0 radical (unpaired) electrons. The number of anilines is 2. The molecule has 0 bridgehead atoms. The van der Waals surface area contributed by atoms with Crippen molar-refractivity contribution in [3.05, 3.63) is 96.4 Å². The van der Waals surface area contributed by atoms with E-state index in [0.29, 0.717) is 28.1 Å². The molecule has 0 aliphatic heterocycles. The highest BCUT2D eigenvalue weighted by Gasteiger charge is 2.12. The highest BCUT2D eigenvalue weighted by molar-refractivity contribution is 7.98. The van der Waals surface area contributed by atoms with Gasteiger partial charge in [-0.3, -0.25) is 0 Å². The van der Waals surface area contributed by atoms with Crippen molar-refractivity contribution in [2.24, 2.45) is 0 Å². The van der Waals surface area contributed by atoms with E-state index in [1.54, 1.807) is 25.1 Å². The largest absolute Gasteiger partial charge is 0.497 e. The first-order valence-corrected chi connectivity index (χ1v) is 12.0. The monoisotopic (exact) mass is 481 g/mol. The van der Waals surface area contributed by atoms with Crippen LogP contribution in [-0.4, -0.2) is 27.0 Å². The first-order valence-electron chi connectivity index (χ1n) is 11.0. The molecule has 2 heterocycles. The predicted molar refractivity (Wildman–Crippen MR) is 139 cm³/mol. The Labute approximate surface area is 207 Å². The Morgan fingerprint density at radius 2 is 1.69 bits per heavy atom. The quantitative estimate of drug-likeness (QED) is 0.197. The van der Waals surface area contributed by atoms with Gasteiger partial charge in [0.15, 0.2) is 16.6 Å². The van der Waals surface area contributed by atoms with E-state index in [2.05, 4.69) is 37.4 Å². The van der Waals surface area contributed by atoms with Crippen LogP contribution in [0.25, 0.3) is 11.0 Å². The fourth-order valence-electron chi connectivity index (χ4n) is 3.45. The number of nitrogens with zero attached hydrogens (tertiary/aromatic N) is 4. The lowest BCUT2D eigenvalue weighted by Gasteiger charge is -2.14. The zero-order chi connectivity index (χ0) is 24.0. The molecule has 1 N–H and O–H groups in total. The van der Waals surface area contributed by atoms with Crippen LogP contribution in [0.3, 0.4) is 0 Å². The minimum atomic E-state index is 0.582. The molecule has 2 aromatic heterocycles. The van der Waals surface area contributed by atoms with E-state index in [1.165, 1.54) is 11.9 Å². The van der Waals surface area contributed by atoms with E-state index in [1.807, 2.05) is 67.6 Å². The molecule has 0 saturated carbocycles. The summed E-state index contributed by atoms with van der Waals surface area (Å²) in [6.07, 6.45) is 3.26. The molecule has 0 amide bonds. The van der Waals surface area contributed by atoms with E-state index in [4.69, 9.17) is 9.47 Å². The number of benzene rings is 3. The molecule has 3 aromatic carbocycles. The second-order valence-electron chi connectivity index (χ2n) is 7.79. The van der Waals surface area contributed by atoms with Crippen molar-refractivity contribution in [3.63, 3.8) is 0 Å². The number of ether oxygens (including phenoxy) is 2. The summed E-state index contributed by atoms with van der Waals surface area (Å²) in [4.78, 5) is 18.0. The molecule has 0 unspecified atom stereocenters. The summed E-state index contributed by atoms with van der Waals surface area (Å²) >= 11 is 1.57. The van der Waals surface area contributed by atoms with Crippen LogP contribution in [0.2, 0.25) is 0 Å². The lowest BCUT2D eigenvalue weighted by atomic mass is 10.2. The average molecular weight is 482 g/mol. The van der Waals surface area contributed by atoms with Crippen molar-refractivity contribution < 1.29 is 9.47 Å². The van der Waals surface area contributed by atoms with Crippen molar-refractivity contribution in [2.75, 3.05) is 12.4 Å². The lowest BCUT2D eigenvalue weighted by molar-refractivity contribution is 0.413. The van der Waals surface area contributed by atoms with E-state index < -0.39 is 0 Å². The van der Waals surface area contributed by atoms with E-state index in [0.717, 1.165) is 28.1 Å². The molecule has 8 heteroatoms. The Morgan fingerprint density at radius 3 is 2.49 bits per heavy atom. The van der Waals surface area contributed by atoms with Crippen LogP contribution in [0.15, 0.2) is 90.5 Å². The molecule has 5 aromatic rings. The Balaban J connectivity index is 1.39. The second kappa shape index (κ2) is 10.4. The number of nitrogens with one attached hydrogen (secondary N) is 1. The number of aromatic nitrogens is 4. The molecular formula is C27H23N5O2S. The maximum atomic E-state index is 6.15. The average Bonchev–Trinajstić information content (AvgIpc) is 2.90. The Kier molecular flexibility index (Phi) is 6.72. The summed E-state index contributed by atoms with van der Waals surface area (Å²) in [5.74, 6) is 3.54. The number of rotatable bonds is 8. The highest BCUT2D eigenvalue weighted by atomic mass is 32.2. The minimum Gasteiger partial charge on any atom is -0.497 e. The van der Waals surface area contributed by atoms with Gasteiger partial charge in [0.25, 0.3) is 0 Å². The first-order chi connectivity index (χ1) is 17.2. The van der Waals surface area contributed by atoms with Crippen LogP contribution in [0, 0.1) is 6.92 Å². The van der Waals surface area contributed by atoms with Crippen molar-refractivity contribution in [1.82, 2.24) is 19.9 Å². The molecular weight excluding hydrogens is 458 g/mol. The lowest BCUT2D eigenvalue weighted by Crippen LogP contribution is -2.01. The van der Waals surface area contributed by atoms with Gasteiger partial charge in [-0.05, 0) is 54.4 Å². The van der Waals surface area contributed by atoms with E-state index in [-0.39, 0.29) is 0 Å². The predicted octanol–water partition coefficient (Wildman–Crippen LogP) is 6.57. The number of thioether (sulfide) groups is 1. The third-order valence-electron chi connectivity index (χ3n) is 5.25.